The van der Waals surface area contributed by atoms with E-state index in [2.05, 4.69) is 4.90 Å². The molecule has 2 aromatic carbocycles. The van der Waals surface area contributed by atoms with Crippen LogP contribution in [-0.2, 0) is 0 Å². The third-order valence-corrected chi connectivity index (χ3v) is 4.24. The molecule has 4 nitrogen and oxygen atoms in total. The molecule has 5 heteroatoms. The van der Waals surface area contributed by atoms with E-state index < -0.39 is 0 Å². The van der Waals surface area contributed by atoms with E-state index in [4.69, 9.17) is 0 Å². The highest BCUT2D eigenvalue weighted by Crippen LogP contribution is 2.35. The van der Waals surface area contributed by atoms with Gasteiger partial charge in [0.05, 0.1) is 6.54 Å². The summed E-state index contributed by atoms with van der Waals surface area (Å²) in [5, 5.41) is 21.1. The molecule has 1 heterocycles. The highest BCUT2D eigenvalue weighted by molar-refractivity contribution is 6.02. The van der Waals surface area contributed by atoms with Crippen molar-refractivity contribution in [3.05, 3.63) is 35.4 Å². The Labute approximate surface area is 135 Å². The van der Waals surface area contributed by atoms with Gasteiger partial charge in [0.25, 0.3) is 0 Å². The number of rotatable bonds is 3. The monoisotopic (exact) mass is 321 g/mol. The van der Waals surface area contributed by atoms with Crippen molar-refractivity contribution in [2.24, 2.45) is 0 Å². The number of Topliss-reactive ketones (excluding diaryl/α,β-unsaturated/α-hetero) is 1. The van der Waals surface area contributed by atoms with Crippen LogP contribution >= 0.6 is 12.4 Å². The van der Waals surface area contributed by atoms with E-state index in [-0.39, 0.29) is 29.7 Å². The highest BCUT2D eigenvalue weighted by atomic mass is 35.5. The van der Waals surface area contributed by atoms with Crippen LogP contribution in [0.25, 0.3) is 10.8 Å². The molecule has 2 aromatic rings. The molecule has 0 amide bonds. The Kier molecular flexibility index (Phi) is 4.94. The van der Waals surface area contributed by atoms with E-state index in [1.807, 2.05) is 12.1 Å². The summed E-state index contributed by atoms with van der Waals surface area (Å²) in [7, 11) is 0. The number of likely N-dealkylation sites (tertiary alicyclic amines) is 1. The molecule has 0 saturated carbocycles. The summed E-state index contributed by atoms with van der Waals surface area (Å²) in [5.74, 6) is -0.145. The SMILES string of the molecule is Cc1c(O)c(O)cc2ccc(C(=O)CN3CCCC3)cc12.Cl. The zero-order chi connectivity index (χ0) is 15.0. The van der Waals surface area contributed by atoms with Crippen molar-refractivity contribution in [2.75, 3.05) is 19.6 Å². The van der Waals surface area contributed by atoms with Crippen molar-refractivity contribution < 1.29 is 15.0 Å². The van der Waals surface area contributed by atoms with Gasteiger partial charge in [-0.15, -0.1) is 12.4 Å². The van der Waals surface area contributed by atoms with Crippen molar-refractivity contribution in [3.8, 4) is 11.5 Å². The molecular formula is C17H20ClNO3. The van der Waals surface area contributed by atoms with Crippen LogP contribution in [0.15, 0.2) is 24.3 Å². The minimum Gasteiger partial charge on any atom is -0.504 e. The molecule has 0 spiro atoms. The van der Waals surface area contributed by atoms with E-state index >= 15 is 0 Å². The molecule has 22 heavy (non-hydrogen) atoms. The second-order valence-corrected chi connectivity index (χ2v) is 5.71. The number of hydrogen-bond donors (Lipinski definition) is 2. The Morgan fingerprint density at radius 1 is 1.18 bits per heavy atom. The fourth-order valence-corrected chi connectivity index (χ4v) is 2.95. The predicted octanol–water partition coefficient (Wildman–Crippen LogP) is 3.26. The first kappa shape index (κ1) is 16.6. The second-order valence-electron chi connectivity index (χ2n) is 5.71. The molecule has 1 aliphatic heterocycles. The third kappa shape index (κ3) is 3.03. The number of carbonyl (C=O) groups is 1. The summed E-state index contributed by atoms with van der Waals surface area (Å²) in [6, 6.07) is 6.93. The van der Waals surface area contributed by atoms with E-state index in [0.29, 0.717) is 17.7 Å². The average molecular weight is 322 g/mol. The third-order valence-electron chi connectivity index (χ3n) is 4.24. The summed E-state index contributed by atoms with van der Waals surface area (Å²) in [6.07, 6.45) is 2.33. The number of aryl methyl sites for hydroxylation is 1. The Bertz CT molecular complexity index is 709. The van der Waals surface area contributed by atoms with Gasteiger partial charge < -0.3 is 10.2 Å². The Morgan fingerprint density at radius 3 is 2.55 bits per heavy atom. The lowest BCUT2D eigenvalue weighted by Crippen LogP contribution is -2.26. The van der Waals surface area contributed by atoms with Crippen LogP contribution in [0.4, 0.5) is 0 Å². The molecule has 0 aromatic heterocycles. The van der Waals surface area contributed by atoms with Crippen LogP contribution in [-0.4, -0.2) is 40.5 Å². The summed E-state index contributed by atoms with van der Waals surface area (Å²) in [4.78, 5) is 14.5. The Balaban J connectivity index is 0.00000176. The smallest absolute Gasteiger partial charge is 0.176 e. The number of halogens is 1. The maximum absolute atomic E-state index is 12.4. The number of phenolic OH excluding ortho intramolecular Hbond substituents is 2. The van der Waals surface area contributed by atoms with Crippen LogP contribution in [0.3, 0.4) is 0 Å². The maximum atomic E-state index is 12.4. The van der Waals surface area contributed by atoms with Crippen molar-refractivity contribution in [3.63, 3.8) is 0 Å². The standard InChI is InChI=1S/C17H19NO3.ClH/c1-11-14-8-13(16(20)10-18-6-2-3-7-18)5-4-12(14)9-15(19)17(11)21;/h4-5,8-9,19,21H,2-3,6-7,10H2,1H3;1H. The Hall–Kier alpha value is -1.78. The highest BCUT2D eigenvalue weighted by Gasteiger charge is 2.17. The fourth-order valence-electron chi connectivity index (χ4n) is 2.95. The van der Waals surface area contributed by atoms with Gasteiger partial charge >= 0.3 is 0 Å². The maximum Gasteiger partial charge on any atom is 0.176 e. The predicted molar refractivity (Wildman–Crippen MR) is 89.3 cm³/mol. The van der Waals surface area contributed by atoms with Crippen LogP contribution < -0.4 is 0 Å². The van der Waals surface area contributed by atoms with Crippen molar-refractivity contribution in [1.29, 1.82) is 0 Å². The number of phenols is 2. The van der Waals surface area contributed by atoms with E-state index in [1.165, 1.54) is 6.07 Å². The average Bonchev–Trinajstić information content (AvgIpc) is 2.97. The van der Waals surface area contributed by atoms with Crippen molar-refractivity contribution >= 4 is 29.0 Å². The molecule has 118 valence electrons. The lowest BCUT2D eigenvalue weighted by atomic mass is 9.99. The number of nitrogens with zero attached hydrogens (tertiary/aromatic N) is 1. The van der Waals surface area contributed by atoms with Crippen molar-refractivity contribution in [1.82, 2.24) is 4.90 Å². The van der Waals surface area contributed by atoms with Gasteiger partial charge in [-0.2, -0.15) is 0 Å². The van der Waals surface area contributed by atoms with Crippen LogP contribution in [0.2, 0.25) is 0 Å². The van der Waals surface area contributed by atoms with Crippen molar-refractivity contribution in [2.45, 2.75) is 19.8 Å². The van der Waals surface area contributed by atoms with Gasteiger partial charge in [0.15, 0.2) is 17.3 Å². The molecule has 0 aliphatic carbocycles. The number of fused-ring (bicyclic) bond motifs is 1. The van der Waals surface area contributed by atoms with Crippen LogP contribution in [0.5, 0.6) is 11.5 Å². The van der Waals surface area contributed by atoms with Crippen LogP contribution in [0.1, 0.15) is 28.8 Å². The topological polar surface area (TPSA) is 60.8 Å². The summed E-state index contributed by atoms with van der Waals surface area (Å²) in [6.45, 7) is 4.18. The molecule has 0 radical (unpaired) electrons. The van der Waals surface area contributed by atoms with Gasteiger partial charge in [0, 0.05) is 11.1 Å². The second kappa shape index (κ2) is 6.55. The van der Waals surface area contributed by atoms with Crippen LogP contribution in [0, 0.1) is 6.92 Å². The normalized spacial score (nSPS) is 15.0. The summed E-state index contributed by atoms with van der Waals surface area (Å²) >= 11 is 0. The zero-order valence-electron chi connectivity index (χ0n) is 12.5. The van der Waals surface area contributed by atoms with Gasteiger partial charge in [0.2, 0.25) is 0 Å². The van der Waals surface area contributed by atoms with E-state index in [1.54, 1.807) is 13.0 Å². The fraction of sp³-hybridized carbons (Fsp3) is 0.353. The quantitative estimate of drug-likeness (QED) is 0.673. The molecular weight excluding hydrogens is 302 g/mol. The minimum atomic E-state index is -0.129. The molecule has 0 bridgehead atoms. The van der Waals surface area contributed by atoms with Gasteiger partial charge in [-0.25, -0.2) is 0 Å². The van der Waals surface area contributed by atoms with Gasteiger partial charge in [-0.1, -0.05) is 12.1 Å². The summed E-state index contributed by atoms with van der Waals surface area (Å²) < 4.78 is 0. The molecule has 1 aliphatic rings. The summed E-state index contributed by atoms with van der Waals surface area (Å²) in [5.41, 5.74) is 1.25. The molecule has 2 N–H and O–H groups in total. The van der Waals surface area contributed by atoms with Gasteiger partial charge in [-0.05, 0) is 55.8 Å². The lowest BCUT2D eigenvalue weighted by Gasteiger charge is -2.14. The van der Waals surface area contributed by atoms with Gasteiger partial charge in [-0.3, -0.25) is 9.69 Å². The number of carbonyl (C=O) groups excluding carboxylic acids is 1. The molecule has 0 atom stereocenters. The Morgan fingerprint density at radius 2 is 1.86 bits per heavy atom. The van der Waals surface area contributed by atoms with Gasteiger partial charge in [0.1, 0.15) is 0 Å². The minimum absolute atomic E-state index is 0. The molecule has 3 rings (SSSR count). The number of ketones is 1. The van der Waals surface area contributed by atoms with E-state index in [9.17, 15) is 15.0 Å². The first-order valence-corrected chi connectivity index (χ1v) is 7.27. The first-order chi connectivity index (χ1) is 10.1. The number of aromatic hydroxyl groups is 2. The zero-order valence-corrected chi connectivity index (χ0v) is 13.3. The lowest BCUT2D eigenvalue weighted by molar-refractivity contribution is 0.0945. The number of hydrogen-bond acceptors (Lipinski definition) is 4. The first-order valence-electron chi connectivity index (χ1n) is 7.27. The number of benzene rings is 2. The largest absolute Gasteiger partial charge is 0.504 e. The molecule has 1 saturated heterocycles. The molecule has 1 fully saturated rings. The van der Waals surface area contributed by atoms with E-state index in [0.717, 1.165) is 36.7 Å². The molecule has 0 unspecified atom stereocenters.